The van der Waals surface area contributed by atoms with Gasteiger partial charge < -0.3 is 5.32 Å². The molecular formula is C26H27N5O3S. The third-order valence-corrected chi connectivity index (χ3v) is 7.94. The van der Waals surface area contributed by atoms with E-state index < -0.39 is 10.0 Å². The molecule has 5 rings (SSSR count). The van der Waals surface area contributed by atoms with Crippen molar-refractivity contribution in [3.8, 4) is 5.82 Å². The minimum absolute atomic E-state index is 0.00951. The predicted octanol–water partition coefficient (Wildman–Crippen LogP) is 4.59. The molecule has 0 radical (unpaired) electrons. The van der Waals surface area contributed by atoms with Crippen LogP contribution in [0.5, 0.6) is 0 Å². The molecule has 1 aliphatic carbocycles. The van der Waals surface area contributed by atoms with E-state index in [1.165, 1.54) is 18.3 Å². The lowest BCUT2D eigenvalue weighted by atomic mass is 9.96. The van der Waals surface area contributed by atoms with E-state index in [9.17, 15) is 13.2 Å². The molecule has 0 bridgehead atoms. The number of carbonyl (C=O) groups excluding carboxylic acids is 1. The van der Waals surface area contributed by atoms with Crippen LogP contribution in [-0.4, -0.2) is 35.1 Å². The maximum Gasteiger partial charge on any atom is 0.259 e. The summed E-state index contributed by atoms with van der Waals surface area (Å²) in [5.74, 6) is 0.297. The zero-order valence-corrected chi connectivity index (χ0v) is 20.3. The number of benzene rings is 2. The number of sulfonamides is 1. The lowest BCUT2D eigenvalue weighted by Gasteiger charge is -2.22. The van der Waals surface area contributed by atoms with E-state index >= 15 is 0 Å². The second-order valence-corrected chi connectivity index (χ2v) is 10.6. The van der Waals surface area contributed by atoms with Crippen LogP contribution < -0.4 is 10.0 Å². The summed E-state index contributed by atoms with van der Waals surface area (Å²) in [6.45, 7) is 1.81. The fourth-order valence-electron chi connectivity index (χ4n) is 4.46. The van der Waals surface area contributed by atoms with Gasteiger partial charge in [0.25, 0.3) is 5.91 Å². The molecule has 0 atom stereocenters. The van der Waals surface area contributed by atoms with Gasteiger partial charge >= 0.3 is 0 Å². The summed E-state index contributed by atoms with van der Waals surface area (Å²) in [6.07, 6.45) is 6.50. The fraction of sp³-hybridized carbons (Fsp3) is 0.269. The highest BCUT2D eigenvalue weighted by Crippen LogP contribution is 2.22. The van der Waals surface area contributed by atoms with Crippen LogP contribution in [0.3, 0.4) is 0 Å². The topological polar surface area (TPSA) is 106 Å². The Morgan fingerprint density at radius 2 is 1.71 bits per heavy atom. The quantitative estimate of drug-likeness (QED) is 0.412. The first-order valence-corrected chi connectivity index (χ1v) is 13.2. The Kier molecular flexibility index (Phi) is 6.36. The third-order valence-electron chi connectivity index (χ3n) is 6.40. The van der Waals surface area contributed by atoms with Crippen molar-refractivity contribution >= 4 is 32.5 Å². The van der Waals surface area contributed by atoms with Crippen LogP contribution in [0.25, 0.3) is 16.7 Å². The molecule has 2 heterocycles. The van der Waals surface area contributed by atoms with Crippen LogP contribution in [0.4, 0.5) is 5.69 Å². The molecule has 8 nitrogen and oxygen atoms in total. The number of para-hydroxylation sites is 1. The van der Waals surface area contributed by atoms with Crippen molar-refractivity contribution in [2.45, 2.75) is 50.0 Å². The smallest absolute Gasteiger partial charge is 0.259 e. The SMILES string of the molecule is Cc1c(C(=O)Nc2ccc(S(=O)(=O)NC3CCCCC3)cc2)cnn1-c1ccc2ccccc2n1. The van der Waals surface area contributed by atoms with Gasteiger partial charge in [0.15, 0.2) is 5.82 Å². The summed E-state index contributed by atoms with van der Waals surface area (Å²) in [5, 5.41) is 8.22. The van der Waals surface area contributed by atoms with Gasteiger partial charge in [0.1, 0.15) is 0 Å². The summed E-state index contributed by atoms with van der Waals surface area (Å²) < 4.78 is 29.8. The van der Waals surface area contributed by atoms with Crippen molar-refractivity contribution in [1.82, 2.24) is 19.5 Å². The first kappa shape index (κ1) is 23.2. The van der Waals surface area contributed by atoms with Crippen LogP contribution >= 0.6 is 0 Å². The molecule has 180 valence electrons. The summed E-state index contributed by atoms with van der Waals surface area (Å²) >= 11 is 0. The molecule has 0 saturated heterocycles. The molecule has 1 saturated carbocycles. The molecule has 9 heteroatoms. The van der Waals surface area contributed by atoms with E-state index in [0.717, 1.165) is 43.0 Å². The minimum atomic E-state index is -3.59. The Hall–Kier alpha value is -3.56. The summed E-state index contributed by atoms with van der Waals surface area (Å²) in [6, 6.07) is 17.8. The number of pyridine rings is 1. The number of anilines is 1. The Morgan fingerprint density at radius 1 is 0.971 bits per heavy atom. The second-order valence-electron chi connectivity index (χ2n) is 8.85. The number of amides is 1. The average molecular weight is 490 g/mol. The number of hydrogen-bond acceptors (Lipinski definition) is 5. The van der Waals surface area contributed by atoms with Crippen molar-refractivity contribution in [3.63, 3.8) is 0 Å². The molecule has 2 aromatic heterocycles. The van der Waals surface area contributed by atoms with Gasteiger partial charge in [0, 0.05) is 17.1 Å². The predicted molar refractivity (Wildman–Crippen MR) is 135 cm³/mol. The van der Waals surface area contributed by atoms with Crippen LogP contribution in [0.15, 0.2) is 71.8 Å². The van der Waals surface area contributed by atoms with Crippen molar-refractivity contribution in [2.75, 3.05) is 5.32 Å². The van der Waals surface area contributed by atoms with Gasteiger partial charge in [-0.2, -0.15) is 5.10 Å². The van der Waals surface area contributed by atoms with E-state index in [2.05, 4.69) is 20.1 Å². The van der Waals surface area contributed by atoms with Gasteiger partial charge in [-0.1, -0.05) is 37.5 Å². The van der Waals surface area contributed by atoms with Crippen LogP contribution in [0.1, 0.15) is 48.2 Å². The Morgan fingerprint density at radius 3 is 2.49 bits per heavy atom. The van der Waals surface area contributed by atoms with Crippen molar-refractivity contribution in [1.29, 1.82) is 0 Å². The van der Waals surface area contributed by atoms with Gasteiger partial charge in [-0.3, -0.25) is 4.79 Å². The highest BCUT2D eigenvalue weighted by atomic mass is 32.2. The zero-order chi connectivity index (χ0) is 24.4. The van der Waals surface area contributed by atoms with E-state index in [1.54, 1.807) is 16.8 Å². The van der Waals surface area contributed by atoms with Gasteiger partial charge in [-0.05, 0) is 62.2 Å². The zero-order valence-electron chi connectivity index (χ0n) is 19.4. The highest BCUT2D eigenvalue weighted by molar-refractivity contribution is 7.89. The maximum atomic E-state index is 12.9. The number of carbonyl (C=O) groups is 1. The summed E-state index contributed by atoms with van der Waals surface area (Å²) in [7, 11) is -3.59. The Balaban J connectivity index is 1.29. The first-order chi connectivity index (χ1) is 16.9. The lowest BCUT2D eigenvalue weighted by Crippen LogP contribution is -2.36. The van der Waals surface area contributed by atoms with Crippen LogP contribution in [0.2, 0.25) is 0 Å². The third kappa shape index (κ3) is 4.96. The molecule has 0 unspecified atom stereocenters. The lowest BCUT2D eigenvalue weighted by molar-refractivity contribution is 0.102. The monoisotopic (exact) mass is 489 g/mol. The average Bonchev–Trinajstić information content (AvgIpc) is 3.26. The van der Waals surface area contributed by atoms with E-state index in [1.807, 2.05) is 43.3 Å². The largest absolute Gasteiger partial charge is 0.322 e. The van der Waals surface area contributed by atoms with Gasteiger partial charge in [-0.25, -0.2) is 22.8 Å². The van der Waals surface area contributed by atoms with E-state index in [-0.39, 0.29) is 16.8 Å². The molecule has 2 aromatic carbocycles. The van der Waals surface area contributed by atoms with E-state index in [4.69, 9.17) is 0 Å². The number of nitrogens with zero attached hydrogens (tertiary/aromatic N) is 3. The number of aromatic nitrogens is 3. The van der Waals surface area contributed by atoms with Crippen molar-refractivity contribution in [3.05, 3.63) is 78.1 Å². The minimum Gasteiger partial charge on any atom is -0.322 e. The van der Waals surface area contributed by atoms with Crippen LogP contribution in [-0.2, 0) is 10.0 Å². The van der Waals surface area contributed by atoms with Crippen molar-refractivity contribution < 1.29 is 13.2 Å². The maximum absolute atomic E-state index is 12.9. The van der Waals surface area contributed by atoms with Crippen LogP contribution in [0, 0.1) is 6.92 Å². The number of fused-ring (bicyclic) bond motifs is 1. The standard InChI is InChI=1S/C26H27N5O3S/c1-18-23(17-27-31(18)25-16-11-19-7-5-6-10-24(19)29-25)26(32)28-20-12-14-22(15-13-20)35(33,34)30-21-8-3-2-4-9-21/h5-7,10-17,21,30H,2-4,8-9H2,1H3,(H,28,32). The Bertz CT molecular complexity index is 1470. The molecule has 1 amide bonds. The molecule has 4 aromatic rings. The molecule has 1 aliphatic rings. The Labute approximate surface area is 204 Å². The second kappa shape index (κ2) is 9.59. The highest BCUT2D eigenvalue weighted by Gasteiger charge is 2.22. The number of hydrogen-bond donors (Lipinski definition) is 2. The molecule has 2 N–H and O–H groups in total. The van der Waals surface area contributed by atoms with Gasteiger partial charge in [0.2, 0.25) is 10.0 Å². The van der Waals surface area contributed by atoms with Crippen molar-refractivity contribution in [2.24, 2.45) is 0 Å². The number of nitrogens with one attached hydrogen (secondary N) is 2. The van der Waals surface area contributed by atoms with Gasteiger partial charge in [0.05, 0.1) is 27.9 Å². The number of rotatable bonds is 6. The molecule has 1 fully saturated rings. The molecular weight excluding hydrogens is 462 g/mol. The molecule has 0 aliphatic heterocycles. The van der Waals surface area contributed by atoms with Gasteiger partial charge in [-0.15, -0.1) is 0 Å². The normalized spacial score (nSPS) is 14.8. The summed E-state index contributed by atoms with van der Waals surface area (Å²) in [4.78, 5) is 17.8. The first-order valence-electron chi connectivity index (χ1n) is 11.8. The molecule has 35 heavy (non-hydrogen) atoms. The summed E-state index contributed by atoms with van der Waals surface area (Å²) in [5.41, 5.74) is 2.42. The van der Waals surface area contributed by atoms with E-state index in [0.29, 0.717) is 22.8 Å². The fourth-order valence-corrected chi connectivity index (χ4v) is 5.77. The molecule has 0 spiro atoms.